The van der Waals surface area contributed by atoms with Crippen molar-refractivity contribution in [2.75, 3.05) is 6.61 Å². The highest BCUT2D eigenvalue weighted by atomic mass is 35.5. The number of nitrogens with one attached hydrogen (secondary N) is 2. The molecule has 0 bridgehead atoms. The average molecular weight is 440 g/mol. The summed E-state index contributed by atoms with van der Waals surface area (Å²) in [6.07, 6.45) is 3.68. The molecule has 2 N–H and O–H groups in total. The summed E-state index contributed by atoms with van der Waals surface area (Å²) in [5, 5.41) is 6.00. The number of hydrogen-bond acceptors (Lipinski definition) is 5. The number of benzene rings is 2. The molecule has 2 aromatic rings. The van der Waals surface area contributed by atoms with Gasteiger partial charge in [-0.1, -0.05) is 48.8 Å². The first-order chi connectivity index (χ1) is 14.5. The first-order valence-electron chi connectivity index (χ1n) is 9.43. The smallest absolute Gasteiger partial charge is 0.290 e. The number of hydrogen-bond donors (Lipinski definition) is 2. The van der Waals surface area contributed by atoms with Crippen molar-refractivity contribution in [3.05, 3.63) is 75.3 Å². The van der Waals surface area contributed by atoms with Crippen LogP contribution in [0.3, 0.4) is 0 Å². The summed E-state index contributed by atoms with van der Waals surface area (Å²) in [5.41, 5.74) is 3.84. The van der Waals surface area contributed by atoms with Gasteiger partial charge in [-0.2, -0.15) is 0 Å². The molecule has 30 heavy (non-hydrogen) atoms. The van der Waals surface area contributed by atoms with Crippen molar-refractivity contribution in [2.24, 2.45) is 0 Å². The Kier molecular flexibility index (Phi) is 7.66. The van der Waals surface area contributed by atoms with Crippen LogP contribution in [0.5, 0.6) is 5.75 Å². The topological polar surface area (TPSA) is 67.4 Å². The second kappa shape index (κ2) is 10.4. The molecule has 0 saturated carbocycles. The molecule has 2 amide bonds. The van der Waals surface area contributed by atoms with Gasteiger partial charge in [-0.15, -0.1) is 0 Å². The third-order valence-electron chi connectivity index (χ3n) is 4.45. The van der Waals surface area contributed by atoms with Crippen LogP contribution in [0, 0.1) is 0 Å². The number of ether oxygens (including phenoxy) is 1. The summed E-state index contributed by atoms with van der Waals surface area (Å²) in [6, 6.07) is 13.4. The van der Waals surface area contributed by atoms with E-state index in [1.54, 1.807) is 6.08 Å². The highest BCUT2D eigenvalue weighted by Crippen LogP contribution is 2.25. The van der Waals surface area contributed by atoms with Crippen molar-refractivity contribution in [2.45, 2.75) is 20.3 Å². The van der Waals surface area contributed by atoms with Gasteiger partial charge in [-0.25, -0.2) is 0 Å². The van der Waals surface area contributed by atoms with Crippen LogP contribution in [-0.4, -0.2) is 25.0 Å². The van der Waals surface area contributed by atoms with Gasteiger partial charge >= 0.3 is 0 Å². The van der Waals surface area contributed by atoms with E-state index in [-0.39, 0.29) is 11.1 Å². The maximum Gasteiger partial charge on any atom is 0.290 e. The van der Waals surface area contributed by atoms with E-state index >= 15 is 0 Å². The van der Waals surface area contributed by atoms with Crippen molar-refractivity contribution in [3.8, 4) is 5.75 Å². The van der Waals surface area contributed by atoms with Gasteiger partial charge in [-0.05, 0) is 59.6 Å². The Balaban J connectivity index is 1.62. The maximum atomic E-state index is 11.7. The van der Waals surface area contributed by atoms with Crippen LogP contribution < -0.4 is 20.8 Å². The van der Waals surface area contributed by atoms with Crippen molar-refractivity contribution in [1.29, 1.82) is 0 Å². The summed E-state index contributed by atoms with van der Waals surface area (Å²) in [5.74, 6) is 0.378. The van der Waals surface area contributed by atoms with Crippen molar-refractivity contribution in [3.63, 3.8) is 0 Å². The van der Waals surface area contributed by atoms with E-state index in [1.165, 1.54) is 0 Å². The predicted molar refractivity (Wildman–Crippen MR) is 124 cm³/mol. The molecule has 1 aliphatic heterocycles. The summed E-state index contributed by atoms with van der Waals surface area (Å²) >= 11 is 6.83. The monoisotopic (exact) mass is 439 g/mol. The molecule has 2 aromatic carbocycles. The Morgan fingerprint density at radius 3 is 2.63 bits per heavy atom. The Hall–Kier alpha value is -2.64. The van der Waals surface area contributed by atoms with Crippen LogP contribution in [0.2, 0.25) is 11.8 Å². The highest BCUT2D eigenvalue weighted by Gasteiger charge is 2.25. The van der Waals surface area contributed by atoms with Gasteiger partial charge in [0, 0.05) is 17.3 Å². The molecule has 0 aromatic heterocycles. The van der Waals surface area contributed by atoms with Gasteiger partial charge in [0.15, 0.2) is 7.28 Å². The number of halogens is 1. The average Bonchev–Trinajstić information content (AvgIpc) is 3.06. The molecule has 8 heteroatoms. The van der Waals surface area contributed by atoms with Crippen LogP contribution in [0.4, 0.5) is 4.79 Å². The van der Waals surface area contributed by atoms with Gasteiger partial charge in [0.1, 0.15) is 12.4 Å². The Morgan fingerprint density at radius 2 is 2.00 bits per heavy atom. The lowest BCUT2D eigenvalue weighted by atomic mass is 9.72. The van der Waals surface area contributed by atoms with E-state index in [9.17, 15) is 9.59 Å². The van der Waals surface area contributed by atoms with Crippen molar-refractivity contribution >= 4 is 53.3 Å². The first kappa shape index (κ1) is 22.1. The van der Waals surface area contributed by atoms with Gasteiger partial charge < -0.3 is 10.1 Å². The Bertz CT molecular complexity index is 1010. The molecular formula is C22H21BClN2O3S. The molecule has 0 spiro atoms. The first-order valence-corrected chi connectivity index (χ1v) is 10.6. The second-order valence-electron chi connectivity index (χ2n) is 6.52. The third kappa shape index (κ3) is 5.94. The molecule has 0 unspecified atom stereocenters. The summed E-state index contributed by atoms with van der Waals surface area (Å²) < 4.78 is 6.01. The SMILES string of the molecule is C[B]c1cc(/C=C2\SC(=O)NC2=O)ccc1OC/C(=C/C)NCc1ccc(Cl)cc1. The minimum atomic E-state index is -0.364. The number of amides is 2. The Labute approximate surface area is 186 Å². The number of thioether (sulfide) groups is 1. The number of imide groups is 1. The zero-order chi connectivity index (χ0) is 21.5. The molecule has 0 atom stereocenters. The normalized spacial score (nSPS) is 15.3. The lowest BCUT2D eigenvalue weighted by Gasteiger charge is -2.15. The fraction of sp³-hybridized carbons (Fsp3) is 0.182. The lowest BCUT2D eigenvalue weighted by Crippen LogP contribution is -2.22. The van der Waals surface area contributed by atoms with E-state index in [2.05, 4.69) is 10.6 Å². The van der Waals surface area contributed by atoms with Gasteiger partial charge in [0.05, 0.1) is 4.91 Å². The fourth-order valence-corrected chi connectivity index (χ4v) is 3.60. The minimum Gasteiger partial charge on any atom is -0.488 e. The number of carbonyl (C=O) groups is 2. The van der Waals surface area contributed by atoms with Crippen LogP contribution in [0.1, 0.15) is 18.1 Å². The predicted octanol–water partition coefficient (Wildman–Crippen LogP) is 4.11. The molecule has 153 valence electrons. The van der Waals surface area contributed by atoms with E-state index < -0.39 is 0 Å². The van der Waals surface area contributed by atoms with Crippen LogP contribution >= 0.6 is 23.4 Å². The molecule has 1 fully saturated rings. The van der Waals surface area contributed by atoms with Crippen LogP contribution in [0.15, 0.2) is 59.1 Å². The number of carbonyl (C=O) groups excluding carboxylic acids is 2. The molecule has 1 aliphatic rings. The summed E-state index contributed by atoms with van der Waals surface area (Å²) in [6.45, 7) is 4.96. The molecule has 3 rings (SSSR count). The lowest BCUT2D eigenvalue weighted by molar-refractivity contribution is -0.115. The van der Waals surface area contributed by atoms with Crippen molar-refractivity contribution < 1.29 is 14.3 Å². The zero-order valence-electron chi connectivity index (χ0n) is 16.7. The van der Waals surface area contributed by atoms with Gasteiger partial charge in [0.2, 0.25) is 0 Å². The van der Waals surface area contributed by atoms with Gasteiger partial charge in [0.25, 0.3) is 11.1 Å². The van der Waals surface area contributed by atoms with Crippen LogP contribution in [-0.2, 0) is 11.3 Å². The molecule has 5 nitrogen and oxygen atoms in total. The highest BCUT2D eigenvalue weighted by molar-refractivity contribution is 8.18. The number of rotatable bonds is 8. The molecular weight excluding hydrogens is 419 g/mol. The minimum absolute atomic E-state index is 0.349. The molecule has 1 radical (unpaired) electrons. The van der Waals surface area contributed by atoms with Crippen LogP contribution in [0.25, 0.3) is 6.08 Å². The molecule has 1 heterocycles. The quantitative estimate of drug-likeness (QED) is 0.478. The standard InChI is InChI=1S/C22H21BClN2O3S/c1-3-17(25-12-14-4-7-16(24)8-5-14)13-29-19-9-6-15(10-18(19)23-2)11-20-21(27)26-22(28)30-20/h3-11,25H,12-13H2,1-2H3,(H,26,27,28)/b17-3-,20-11-. The largest absolute Gasteiger partial charge is 0.488 e. The molecule has 1 saturated heterocycles. The summed E-state index contributed by atoms with van der Waals surface area (Å²) in [4.78, 5) is 23.4. The number of allylic oxidation sites excluding steroid dienone is 1. The van der Waals surface area contributed by atoms with E-state index in [1.807, 2.05) is 69.6 Å². The maximum absolute atomic E-state index is 11.7. The van der Waals surface area contributed by atoms with E-state index in [0.717, 1.165) is 44.8 Å². The fourth-order valence-electron chi connectivity index (χ4n) is 2.80. The summed E-state index contributed by atoms with van der Waals surface area (Å²) in [7, 11) is 1.95. The zero-order valence-corrected chi connectivity index (χ0v) is 18.3. The second-order valence-corrected chi connectivity index (χ2v) is 7.97. The van der Waals surface area contributed by atoms with Crippen molar-refractivity contribution in [1.82, 2.24) is 10.6 Å². The van der Waals surface area contributed by atoms with E-state index in [0.29, 0.717) is 18.1 Å². The Morgan fingerprint density at radius 1 is 1.23 bits per heavy atom. The van der Waals surface area contributed by atoms with Gasteiger partial charge in [-0.3, -0.25) is 14.9 Å². The molecule has 0 aliphatic carbocycles. The third-order valence-corrected chi connectivity index (χ3v) is 5.51. The van der Waals surface area contributed by atoms with E-state index in [4.69, 9.17) is 16.3 Å².